The van der Waals surface area contributed by atoms with E-state index in [1.165, 1.54) is 77.2 Å². The molecule has 0 radical (unpaired) electrons. The van der Waals surface area contributed by atoms with Gasteiger partial charge >= 0.3 is 0 Å². The molecular formula is C41H35N. The number of allylic oxidation sites excluding steroid dienone is 4. The van der Waals surface area contributed by atoms with Crippen LogP contribution in [0, 0.1) is 6.92 Å². The van der Waals surface area contributed by atoms with Gasteiger partial charge in [-0.3, -0.25) is 0 Å². The van der Waals surface area contributed by atoms with E-state index < -0.39 is 0 Å². The monoisotopic (exact) mass is 541 g/mol. The number of fused-ring (bicyclic) bond motifs is 3. The fourth-order valence-electron chi connectivity index (χ4n) is 6.74. The summed E-state index contributed by atoms with van der Waals surface area (Å²) >= 11 is 0. The summed E-state index contributed by atoms with van der Waals surface area (Å²) in [5.41, 5.74) is 14.0. The van der Waals surface area contributed by atoms with Crippen molar-refractivity contribution in [1.82, 2.24) is 4.98 Å². The lowest BCUT2D eigenvalue weighted by Crippen LogP contribution is -2.02. The van der Waals surface area contributed by atoms with E-state index in [4.69, 9.17) is 0 Å². The molecule has 1 N–H and O–H groups in total. The molecule has 5 aromatic carbocycles. The fraction of sp³-hybridized carbons (Fsp3) is 0.122. The molecule has 1 heterocycles. The van der Waals surface area contributed by atoms with Crippen LogP contribution in [0.4, 0.5) is 0 Å². The number of nitrogens with one attached hydrogen (secondary N) is 1. The van der Waals surface area contributed by atoms with Gasteiger partial charge in [0.25, 0.3) is 0 Å². The van der Waals surface area contributed by atoms with Crippen molar-refractivity contribution in [2.45, 2.75) is 33.1 Å². The van der Waals surface area contributed by atoms with Gasteiger partial charge in [-0.25, -0.2) is 0 Å². The summed E-state index contributed by atoms with van der Waals surface area (Å²) in [6, 6.07) is 33.8. The Kier molecular flexibility index (Phi) is 6.72. The number of rotatable bonds is 6. The zero-order valence-electron chi connectivity index (χ0n) is 24.4. The third-order valence-electron chi connectivity index (χ3n) is 8.72. The number of benzene rings is 5. The van der Waals surface area contributed by atoms with Gasteiger partial charge in [-0.15, -0.1) is 0 Å². The third kappa shape index (κ3) is 4.43. The first-order valence-corrected chi connectivity index (χ1v) is 15.0. The molecule has 0 fully saturated rings. The Bertz CT molecular complexity index is 2050. The predicted octanol–water partition coefficient (Wildman–Crippen LogP) is 11.6. The smallest absolute Gasteiger partial charge is 0.0460 e. The molecular weight excluding hydrogens is 506 g/mol. The SMILES string of the molecule is C=C/C(=C\CC)c1c[nH]c(-c2cccc(-c3c4c(c(-c5ccc6c(C)cccc6c5)c5ccccc35)C=CCC4)c2)c1. The summed E-state index contributed by atoms with van der Waals surface area (Å²) in [6.45, 7) is 8.37. The van der Waals surface area contributed by atoms with Gasteiger partial charge < -0.3 is 4.98 Å². The highest BCUT2D eigenvalue weighted by molar-refractivity contribution is 6.11. The maximum Gasteiger partial charge on any atom is 0.0460 e. The van der Waals surface area contributed by atoms with Crippen LogP contribution >= 0.6 is 0 Å². The first-order valence-electron chi connectivity index (χ1n) is 15.0. The summed E-state index contributed by atoms with van der Waals surface area (Å²) in [7, 11) is 0. The van der Waals surface area contributed by atoms with Crippen LogP contribution in [0.3, 0.4) is 0 Å². The van der Waals surface area contributed by atoms with E-state index in [1.54, 1.807) is 0 Å². The van der Waals surface area contributed by atoms with Crippen LogP contribution < -0.4 is 0 Å². The van der Waals surface area contributed by atoms with E-state index in [2.05, 4.69) is 141 Å². The minimum Gasteiger partial charge on any atom is -0.361 e. The largest absolute Gasteiger partial charge is 0.361 e. The zero-order valence-corrected chi connectivity index (χ0v) is 24.4. The minimum absolute atomic E-state index is 0.985. The molecule has 0 unspecified atom stereocenters. The number of hydrogen-bond donors (Lipinski definition) is 1. The van der Waals surface area contributed by atoms with Gasteiger partial charge in [0, 0.05) is 11.9 Å². The Labute approximate surface area is 248 Å². The van der Waals surface area contributed by atoms with Crippen LogP contribution in [0.15, 0.2) is 122 Å². The Morgan fingerprint density at radius 2 is 1.60 bits per heavy atom. The van der Waals surface area contributed by atoms with Crippen LogP contribution in [0.1, 0.15) is 42.0 Å². The molecule has 0 bridgehead atoms. The average molecular weight is 542 g/mol. The van der Waals surface area contributed by atoms with Gasteiger partial charge in [0.05, 0.1) is 0 Å². The Morgan fingerprint density at radius 3 is 2.43 bits per heavy atom. The van der Waals surface area contributed by atoms with E-state index in [0.717, 1.165) is 25.0 Å². The summed E-state index contributed by atoms with van der Waals surface area (Å²) in [4.78, 5) is 3.52. The molecule has 1 aliphatic rings. The Balaban J connectivity index is 1.43. The number of hydrogen-bond acceptors (Lipinski definition) is 0. The fourth-order valence-corrected chi connectivity index (χ4v) is 6.74. The van der Waals surface area contributed by atoms with E-state index in [9.17, 15) is 0 Å². The van der Waals surface area contributed by atoms with Crippen LogP contribution in [0.2, 0.25) is 0 Å². The van der Waals surface area contributed by atoms with E-state index in [-0.39, 0.29) is 0 Å². The first-order chi connectivity index (χ1) is 20.7. The van der Waals surface area contributed by atoms with Crippen molar-refractivity contribution in [2.24, 2.45) is 0 Å². The van der Waals surface area contributed by atoms with E-state index in [1.807, 2.05) is 6.08 Å². The zero-order chi connectivity index (χ0) is 28.6. The second-order valence-electron chi connectivity index (χ2n) is 11.3. The standard InChI is InChI=1S/C41H35N/c1-4-12-28(5-2)33-25-39(42-26-33)30-15-11-16-31(24-30)40-35-17-6-8-19-37(35)41(38-20-9-7-18-36(38)40)32-21-22-34-27(3)13-10-14-29(34)23-32/h5-6,8-17,19-26,42H,2,4,7,18H2,1,3H3/b28-12+. The summed E-state index contributed by atoms with van der Waals surface area (Å²) in [5.74, 6) is 0. The molecule has 1 aromatic heterocycles. The highest BCUT2D eigenvalue weighted by atomic mass is 14.7. The molecule has 0 saturated heterocycles. The molecule has 0 amide bonds. The van der Waals surface area contributed by atoms with Crippen LogP contribution in [0.25, 0.3) is 66.7 Å². The Hall–Kier alpha value is -4.88. The maximum absolute atomic E-state index is 4.02. The van der Waals surface area contributed by atoms with Crippen LogP contribution in [-0.2, 0) is 6.42 Å². The van der Waals surface area contributed by atoms with E-state index in [0.29, 0.717) is 0 Å². The predicted molar refractivity (Wildman–Crippen MR) is 183 cm³/mol. The van der Waals surface area contributed by atoms with Gasteiger partial charge in [0.2, 0.25) is 0 Å². The lowest BCUT2D eigenvalue weighted by Gasteiger charge is -2.24. The normalized spacial score (nSPS) is 13.0. The van der Waals surface area contributed by atoms with Crippen molar-refractivity contribution in [2.75, 3.05) is 0 Å². The maximum atomic E-state index is 4.02. The topological polar surface area (TPSA) is 15.8 Å². The van der Waals surface area contributed by atoms with Crippen molar-refractivity contribution in [3.05, 3.63) is 144 Å². The number of aromatic nitrogens is 1. The van der Waals surface area contributed by atoms with Crippen molar-refractivity contribution < 1.29 is 0 Å². The molecule has 204 valence electrons. The molecule has 0 spiro atoms. The first kappa shape index (κ1) is 26.0. The number of aromatic amines is 1. The van der Waals surface area contributed by atoms with Gasteiger partial charge in [-0.05, 0) is 122 Å². The molecule has 0 saturated carbocycles. The summed E-state index contributed by atoms with van der Waals surface area (Å²) in [6.07, 6.45) is 14.0. The highest BCUT2D eigenvalue weighted by Crippen LogP contribution is 2.45. The van der Waals surface area contributed by atoms with E-state index >= 15 is 0 Å². The van der Waals surface area contributed by atoms with Gasteiger partial charge in [0.15, 0.2) is 0 Å². The third-order valence-corrected chi connectivity index (χ3v) is 8.72. The number of aryl methyl sites for hydroxylation is 1. The lowest BCUT2D eigenvalue weighted by molar-refractivity contribution is 0.991. The molecule has 6 aromatic rings. The molecule has 0 atom stereocenters. The molecule has 1 aliphatic carbocycles. The minimum atomic E-state index is 0.985. The van der Waals surface area contributed by atoms with Gasteiger partial charge in [-0.1, -0.05) is 111 Å². The van der Waals surface area contributed by atoms with Crippen LogP contribution in [0.5, 0.6) is 0 Å². The summed E-state index contributed by atoms with van der Waals surface area (Å²) in [5, 5.41) is 5.23. The van der Waals surface area contributed by atoms with Crippen LogP contribution in [-0.4, -0.2) is 4.98 Å². The number of H-pyrrole nitrogens is 1. The van der Waals surface area contributed by atoms with Crippen molar-refractivity contribution in [1.29, 1.82) is 0 Å². The molecule has 1 heteroatoms. The summed E-state index contributed by atoms with van der Waals surface area (Å²) < 4.78 is 0. The van der Waals surface area contributed by atoms with Crippen molar-refractivity contribution in [3.63, 3.8) is 0 Å². The van der Waals surface area contributed by atoms with Crippen molar-refractivity contribution >= 4 is 33.2 Å². The molecule has 7 rings (SSSR count). The molecule has 1 nitrogen and oxygen atoms in total. The average Bonchev–Trinajstić information content (AvgIpc) is 3.53. The molecule has 0 aliphatic heterocycles. The van der Waals surface area contributed by atoms with Gasteiger partial charge in [-0.2, -0.15) is 0 Å². The second-order valence-corrected chi connectivity index (χ2v) is 11.3. The van der Waals surface area contributed by atoms with Gasteiger partial charge in [0.1, 0.15) is 0 Å². The quantitative estimate of drug-likeness (QED) is 0.202. The second kappa shape index (κ2) is 10.8. The lowest BCUT2D eigenvalue weighted by atomic mass is 9.80. The molecule has 42 heavy (non-hydrogen) atoms. The highest BCUT2D eigenvalue weighted by Gasteiger charge is 2.22. The Morgan fingerprint density at radius 1 is 0.810 bits per heavy atom. The van der Waals surface area contributed by atoms with Crippen molar-refractivity contribution in [3.8, 4) is 33.5 Å².